The fourth-order valence-electron chi connectivity index (χ4n) is 1.70. The quantitative estimate of drug-likeness (QED) is 0.654. The van der Waals surface area contributed by atoms with Gasteiger partial charge in [0.15, 0.2) is 5.76 Å². The zero-order valence-corrected chi connectivity index (χ0v) is 11.5. The van der Waals surface area contributed by atoms with Crippen molar-refractivity contribution in [2.24, 2.45) is 0 Å². The third kappa shape index (κ3) is 4.31. The monoisotopic (exact) mass is 280 g/mol. The van der Waals surface area contributed by atoms with E-state index in [1.165, 1.54) is 6.08 Å². The van der Waals surface area contributed by atoms with Crippen molar-refractivity contribution in [1.29, 1.82) is 0 Å². The molecular formula is C17H16N2O2. The van der Waals surface area contributed by atoms with Crippen molar-refractivity contribution in [1.82, 2.24) is 10.3 Å². The number of aliphatic hydroxyl groups excluding tert-OH is 1. The summed E-state index contributed by atoms with van der Waals surface area (Å²) in [5.74, 6) is -0.904. The van der Waals surface area contributed by atoms with Crippen molar-refractivity contribution in [2.75, 3.05) is 0 Å². The first-order chi connectivity index (χ1) is 10.2. The number of carbonyl (C=O) groups is 1. The normalized spacial score (nSPS) is 11.0. The molecule has 0 aliphatic heterocycles. The van der Waals surface area contributed by atoms with E-state index in [2.05, 4.69) is 16.9 Å². The van der Waals surface area contributed by atoms with Crippen molar-refractivity contribution < 1.29 is 9.90 Å². The van der Waals surface area contributed by atoms with Gasteiger partial charge in [-0.1, -0.05) is 49.1 Å². The van der Waals surface area contributed by atoms with E-state index in [0.29, 0.717) is 12.2 Å². The van der Waals surface area contributed by atoms with Crippen LogP contribution in [0.1, 0.15) is 16.8 Å². The van der Waals surface area contributed by atoms with Gasteiger partial charge in [-0.05, 0) is 17.2 Å². The maximum atomic E-state index is 11.8. The average molecular weight is 280 g/mol. The molecule has 1 aromatic carbocycles. The molecule has 0 radical (unpaired) electrons. The lowest BCUT2D eigenvalue weighted by Crippen LogP contribution is -2.24. The fourth-order valence-corrected chi connectivity index (χ4v) is 1.70. The van der Waals surface area contributed by atoms with Gasteiger partial charge in [0.1, 0.15) is 0 Å². The molecular weight excluding hydrogens is 264 g/mol. The standard InChI is InChI=1S/C17H16N2O2/c1-2-13-8-9-15(18-11-13)10-16(20)17(21)19-12-14-6-4-3-5-7-14/h2-11,20H,1,12H2,(H,19,21)/b16-10-. The van der Waals surface area contributed by atoms with Crippen LogP contribution < -0.4 is 5.32 Å². The first kappa shape index (κ1) is 14.5. The molecule has 0 spiro atoms. The lowest BCUT2D eigenvalue weighted by Gasteiger charge is -2.04. The van der Waals surface area contributed by atoms with E-state index in [1.54, 1.807) is 24.4 Å². The Morgan fingerprint density at radius 3 is 2.62 bits per heavy atom. The second kappa shape index (κ2) is 7.05. The highest BCUT2D eigenvalue weighted by molar-refractivity contribution is 5.95. The molecule has 0 atom stereocenters. The van der Waals surface area contributed by atoms with Crippen molar-refractivity contribution >= 4 is 18.1 Å². The maximum Gasteiger partial charge on any atom is 0.286 e. The summed E-state index contributed by atoms with van der Waals surface area (Å²) >= 11 is 0. The SMILES string of the molecule is C=Cc1ccc(/C=C(\O)C(=O)NCc2ccccc2)nc1. The van der Waals surface area contributed by atoms with Crippen molar-refractivity contribution in [2.45, 2.75) is 6.54 Å². The molecule has 1 aromatic heterocycles. The molecule has 1 heterocycles. The van der Waals surface area contributed by atoms with Crippen molar-refractivity contribution in [3.05, 3.63) is 77.8 Å². The lowest BCUT2D eigenvalue weighted by atomic mass is 10.2. The second-order valence-corrected chi connectivity index (χ2v) is 4.42. The van der Waals surface area contributed by atoms with Gasteiger partial charge in [-0.2, -0.15) is 0 Å². The van der Waals surface area contributed by atoms with Crippen LogP contribution in [0.15, 0.2) is 61.0 Å². The maximum absolute atomic E-state index is 11.8. The molecule has 2 N–H and O–H groups in total. The van der Waals surface area contributed by atoms with Crippen LogP contribution in [0, 0.1) is 0 Å². The van der Waals surface area contributed by atoms with Crippen LogP contribution in [0.4, 0.5) is 0 Å². The Morgan fingerprint density at radius 1 is 1.24 bits per heavy atom. The Labute approximate surface area is 123 Å². The first-order valence-electron chi connectivity index (χ1n) is 6.50. The number of rotatable bonds is 5. The summed E-state index contributed by atoms with van der Waals surface area (Å²) in [4.78, 5) is 15.9. The van der Waals surface area contributed by atoms with Gasteiger partial charge < -0.3 is 10.4 Å². The van der Waals surface area contributed by atoms with E-state index in [0.717, 1.165) is 11.1 Å². The molecule has 0 unspecified atom stereocenters. The minimum Gasteiger partial charge on any atom is -0.503 e. The fraction of sp³-hybridized carbons (Fsp3) is 0.0588. The number of carbonyl (C=O) groups excluding carboxylic acids is 1. The van der Waals surface area contributed by atoms with Crippen LogP contribution in [-0.4, -0.2) is 16.0 Å². The van der Waals surface area contributed by atoms with Crippen LogP contribution in [0.5, 0.6) is 0 Å². The summed E-state index contributed by atoms with van der Waals surface area (Å²) in [5.41, 5.74) is 2.35. The van der Waals surface area contributed by atoms with Crippen LogP contribution in [-0.2, 0) is 11.3 Å². The number of hydrogen-bond donors (Lipinski definition) is 2. The van der Waals surface area contributed by atoms with Gasteiger partial charge in [0, 0.05) is 18.8 Å². The lowest BCUT2D eigenvalue weighted by molar-refractivity contribution is -0.119. The van der Waals surface area contributed by atoms with E-state index in [9.17, 15) is 9.90 Å². The summed E-state index contributed by atoms with van der Waals surface area (Å²) in [5, 5.41) is 12.4. The number of amides is 1. The van der Waals surface area contributed by atoms with Gasteiger partial charge in [0.2, 0.25) is 0 Å². The van der Waals surface area contributed by atoms with Crippen LogP contribution in [0.3, 0.4) is 0 Å². The minimum atomic E-state index is -0.534. The molecule has 4 heteroatoms. The number of pyridine rings is 1. The Kier molecular flexibility index (Phi) is 4.88. The largest absolute Gasteiger partial charge is 0.503 e. The van der Waals surface area contributed by atoms with Crippen molar-refractivity contribution in [3.63, 3.8) is 0 Å². The molecule has 0 fully saturated rings. The minimum absolute atomic E-state index is 0.362. The highest BCUT2D eigenvalue weighted by Gasteiger charge is 2.07. The van der Waals surface area contributed by atoms with E-state index in [1.807, 2.05) is 30.3 Å². The number of hydrogen-bond acceptors (Lipinski definition) is 3. The van der Waals surface area contributed by atoms with Crippen LogP contribution in [0.2, 0.25) is 0 Å². The molecule has 2 aromatic rings. The van der Waals surface area contributed by atoms with E-state index < -0.39 is 5.91 Å². The molecule has 106 valence electrons. The summed E-state index contributed by atoms with van der Waals surface area (Å²) in [7, 11) is 0. The van der Waals surface area contributed by atoms with Gasteiger partial charge in [0.25, 0.3) is 5.91 Å². The Balaban J connectivity index is 1.97. The molecule has 0 saturated carbocycles. The van der Waals surface area contributed by atoms with Gasteiger partial charge in [-0.3, -0.25) is 9.78 Å². The second-order valence-electron chi connectivity index (χ2n) is 4.42. The van der Waals surface area contributed by atoms with E-state index >= 15 is 0 Å². The molecule has 0 bridgehead atoms. The number of aromatic nitrogens is 1. The molecule has 0 aliphatic rings. The number of aliphatic hydroxyl groups is 1. The predicted octanol–water partition coefficient (Wildman–Crippen LogP) is 2.94. The van der Waals surface area contributed by atoms with Crippen LogP contribution >= 0.6 is 0 Å². The topological polar surface area (TPSA) is 62.2 Å². The van der Waals surface area contributed by atoms with Gasteiger partial charge >= 0.3 is 0 Å². The number of nitrogens with one attached hydrogen (secondary N) is 1. The summed E-state index contributed by atoms with van der Waals surface area (Å²) in [6.07, 6.45) is 4.62. The number of nitrogens with zero attached hydrogens (tertiary/aromatic N) is 1. The Hall–Kier alpha value is -2.88. The molecule has 2 rings (SSSR count). The molecule has 1 amide bonds. The van der Waals surface area contributed by atoms with Gasteiger partial charge in [-0.15, -0.1) is 0 Å². The molecule has 0 aliphatic carbocycles. The van der Waals surface area contributed by atoms with Gasteiger partial charge in [-0.25, -0.2) is 0 Å². The molecule has 0 saturated heterocycles. The summed E-state index contributed by atoms with van der Waals surface area (Å²) in [6, 6.07) is 13.0. The molecule has 4 nitrogen and oxygen atoms in total. The Morgan fingerprint density at radius 2 is 2.00 bits per heavy atom. The first-order valence-corrected chi connectivity index (χ1v) is 6.50. The number of benzene rings is 1. The smallest absolute Gasteiger partial charge is 0.286 e. The predicted molar refractivity (Wildman–Crippen MR) is 83.2 cm³/mol. The van der Waals surface area contributed by atoms with Crippen molar-refractivity contribution in [3.8, 4) is 0 Å². The third-order valence-electron chi connectivity index (χ3n) is 2.86. The van der Waals surface area contributed by atoms with Gasteiger partial charge in [0.05, 0.1) is 5.69 Å². The molecule has 21 heavy (non-hydrogen) atoms. The Bertz CT molecular complexity index is 646. The van der Waals surface area contributed by atoms with Crippen LogP contribution in [0.25, 0.3) is 12.2 Å². The van der Waals surface area contributed by atoms with E-state index in [4.69, 9.17) is 0 Å². The van der Waals surface area contributed by atoms with E-state index in [-0.39, 0.29) is 5.76 Å². The summed E-state index contributed by atoms with van der Waals surface area (Å²) < 4.78 is 0. The zero-order chi connectivity index (χ0) is 15.1. The summed E-state index contributed by atoms with van der Waals surface area (Å²) in [6.45, 7) is 4.00. The highest BCUT2D eigenvalue weighted by atomic mass is 16.3. The average Bonchev–Trinajstić information content (AvgIpc) is 2.54. The highest BCUT2D eigenvalue weighted by Crippen LogP contribution is 2.06. The zero-order valence-electron chi connectivity index (χ0n) is 11.5. The third-order valence-corrected chi connectivity index (χ3v) is 2.86.